The van der Waals surface area contributed by atoms with E-state index in [4.69, 9.17) is 4.42 Å². The topological polar surface area (TPSA) is 31.5 Å². The van der Waals surface area contributed by atoms with Gasteiger partial charge in [-0.05, 0) is 0 Å². The molecule has 2 aromatic carbocycles. The summed E-state index contributed by atoms with van der Waals surface area (Å²) in [4.78, 5) is 0. The van der Waals surface area contributed by atoms with Crippen molar-refractivity contribution in [1.82, 2.24) is 0 Å². The molecule has 98 valence electrons. The van der Waals surface area contributed by atoms with E-state index in [0.717, 1.165) is 20.6 Å². The fourth-order valence-corrected chi connectivity index (χ4v) is 5.83. The molecule has 0 saturated carbocycles. The Morgan fingerprint density at radius 1 is 1.00 bits per heavy atom. The summed E-state index contributed by atoms with van der Waals surface area (Å²) in [5, 5.41) is 1.11. The van der Waals surface area contributed by atoms with E-state index < -0.39 is 20.2 Å². The maximum absolute atomic E-state index is 10.7. The summed E-state index contributed by atoms with van der Waals surface area (Å²) in [6.07, 6.45) is 3.09. The summed E-state index contributed by atoms with van der Waals surface area (Å²) in [5.74, 6) is 0. The molecule has 1 N–H and O–H groups in total. The van der Waals surface area contributed by atoms with Crippen molar-refractivity contribution in [2.75, 3.05) is 6.61 Å². The molecule has 0 aromatic heterocycles. The van der Waals surface area contributed by atoms with Gasteiger partial charge in [-0.2, -0.15) is 0 Å². The molecule has 3 heteroatoms. The molecule has 1 aliphatic rings. The fraction of sp³-hybridized carbons (Fsp3) is 0.188. The molecule has 2 nitrogen and oxygen atoms in total. The summed E-state index contributed by atoms with van der Waals surface area (Å²) in [6, 6.07) is 18.1. The molecule has 1 heterocycles. The third-order valence-electron chi connectivity index (χ3n) is 3.15. The Morgan fingerprint density at radius 3 is 2.58 bits per heavy atom. The molecule has 2 aromatic rings. The molecule has 1 unspecified atom stereocenters. The molecule has 0 aliphatic carbocycles. The zero-order chi connectivity index (χ0) is 13.1. The fourth-order valence-electron chi connectivity index (χ4n) is 2.18. The standard InChI is InChI=1S/C16H16IO2/c18-17(14-7-2-1-3-8-14)15-10-11-19-16-9-5-4-6-13(16)12-15/h1-9,12,15,18H,10-11H2/q+1. The van der Waals surface area contributed by atoms with Crippen LogP contribution in [0.4, 0.5) is 0 Å². The van der Waals surface area contributed by atoms with Crippen LogP contribution in [0.1, 0.15) is 6.42 Å². The Bertz CT molecular complexity index is 667. The Kier molecular flexibility index (Phi) is 3.94. The molecule has 0 radical (unpaired) electrons. The van der Waals surface area contributed by atoms with E-state index >= 15 is 0 Å². The first-order valence-electron chi connectivity index (χ1n) is 6.34. The van der Waals surface area contributed by atoms with Crippen molar-refractivity contribution in [2.45, 2.75) is 10.3 Å². The van der Waals surface area contributed by atoms with E-state index in [1.54, 1.807) is 0 Å². The van der Waals surface area contributed by atoms with Crippen LogP contribution < -0.4 is 10.6 Å². The van der Waals surface area contributed by atoms with Crippen molar-refractivity contribution in [1.29, 1.82) is 0 Å². The number of halogens is 1. The van der Waals surface area contributed by atoms with Crippen molar-refractivity contribution in [3.05, 3.63) is 73.2 Å². The second kappa shape index (κ2) is 5.84. The van der Waals surface area contributed by atoms with E-state index in [-0.39, 0.29) is 3.92 Å². The monoisotopic (exact) mass is 367 g/mol. The van der Waals surface area contributed by atoms with Gasteiger partial charge in [0.15, 0.2) is 0 Å². The van der Waals surface area contributed by atoms with Gasteiger partial charge < -0.3 is 0 Å². The maximum atomic E-state index is 10.7. The normalized spacial score (nSPS) is 18.6. The number of rotatable bonds is 2. The SMILES string of the molecule is OI(c1ccccc1)C1C=c2ccccc2=[O+]CC1. The summed E-state index contributed by atoms with van der Waals surface area (Å²) in [6.45, 7) is 0.680. The average Bonchev–Trinajstić information content (AvgIpc) is 2.69. The summed E-state index contributed by atoms with van der Waals surface area (Å²) in [7, 11) is 0. The van der Waals surface area contributed by atoms with Crippen molar-refractivity contribution in [2.24, 2.45) is 0 Å². The van der Waals surface area contributed by atoms with Gasteiger partial charge in [0.25, 0.3) is 0 Å². The predicted octanol–water partition coefficient (Wildman–Crippen LogP) is 2.14. The summed E-state index contributed by atoms with van der Waals surface area (Å²) in [5.41, 5.74) is 0.933. The van der Waals surface area contributed by atoms with Crippen LogP contribution in [0.3, 0.4) is 0 Å². The van der Waals surface area contributed by atoms with Crippen molar-refractivity contribution in [3.8, 4) is 0 Å². The van der Waals surface area contributed by atoms with Gasteiger partial charge in [-0.3, -0.25) is 0 Å². The molecular weight excluding hydrogens is 351 g/mol. The molecule has 0 fully saturated rings. The second-order valence-electron chi connectivity index (χ2n) is 4.44. The molecular formula is C16H16IO2+. The van der Waals surface area contributed by atoms with Gasteiger partial charge in [-0.15, -0.1) is 0 Å². The number of benzene rings is 2. The van der Waals surface area contributed by atoms with Crippen LogP contribution in [-0.2, 0) is 0 Å². The third-order valence-corrected chi connectivity index (χ3v) is 7.65. The van der Waals surface area contributed by atoms with E-state index in [2.05, 4.69) is 12.1 Å². The summed E-state index contributed by atoms with van der Waals surface area (Å²) < 4.78 is 17.8. The summed E-state index contributed by atoms with van der Waals surface area (Å²) >= 11 is -2.16. The number of fused-ring (bicyclic) bond motifs is 1. The zero-order valence-corrected chi connectivity index (χ0v) is 12.7. The first-order chi connectivity index (χ1) is 9.34. The van der Waals surface area contributed by atoms with E-state index in [9.17, 15) is 3.44 Å². The van der Waals surface area contributed by atoms with Crippen LogP contribution in [0.5, 0.6) is 0 Å². The van der Waals surface area contributed by atoms with Gasteiger partial charge in [0, 0.05) is 0 Å². The zero-order valence-electron chi connectivity index (χ0n) is 10.5. The van der Waals surface area contributed by atoms with Gasteiger partial charge in [-0.1, -0.05) is 0 Å². The quantitative estimate of drug-likeness (QED) is 0.492. The molecule has 1 atom stereocenters. The van der Waals surface area contributed by atoms with Crippen LogP contribution in [0.15, 0.2) is 59.0 Å². The average molecular weight is 367 g/mol. The predicted molar refractivity (Wildman–Crippen MR) is 87.0 cm³/mol. The van der Waals surface area contributed by atoms with Crippen molar-refractivity contribution >= 4 is 26.3 Å². The van der Waals surface area contributed by atoms with Crippen LogP contribution >= 0.6 is 20.2 Å². The number of hydrogen-bond donors (Lipinski definition) is 1. The Morgan fingerprint density at radius 2 is 1.74 bits per heavy atom. The molecule has 3 rings (SSSR count). The minimum atomic E-state index is -2.16. The Balaban J connectivity index is 1.98. The number of hydrogen-bond acceptors (Lipinski definition) is 1. The van der Waals surface area contributed by atoms with E-state index in [1.165, 1.54) is 0 Å². The second-order valence-corrected chi connectivity index (χ2v) is 8.95. The molecule has 19 heavy (non-hydrogen) atoms. The molecule has 0 spiro atoms. The number of alkyl halides is 1. The van der Waals surface area contributed by atoms with E-state index in [1.807, 2.05) is 48.5 Å². The van der Waals surface area contributed by atoms with Crippen LogP contribution in [-0.4, -0.2) is 14.0 Å². The molecule has 0 saturated heterocycles. The Hall–Kier alpha value is -1.20. The van der Waals surface area contributed by atoms with Crippen LogP contribution in [0.2, 0.25) is 0 Å². The van der Waals surface area contributed by atoms with Gasteiger partial charge in [0.2, 0.25) is 0 Å². The van der Waals surface area contributed by atoms with Crippen molar-refractivity contribution < 1.29 is 3.44 Å². The van der Waals surface area contributed by atoms with E-state index in [0.29, 0.717) is 6.61 Å². The molecule has 1 aliphatic heterocycles. The first kappa shape index (κ1) is 12.8. The van der Waals surface area contributed by atoms with Gasteiger partial charge in [-0.25, -0.2) is 0 Å². The number of para-hydroxylation sites is 1. The van der Waals surface area contributed by atoms with Gasteiger partial charge in [0.1, 0.15) is 0 Å². The first-order valence-corrected chi connectivity index (χ1v) is 9.63. The van der Waals surface area contributed by atoms with Crippen LogP contribution in [0, 0.1) is 3.57 Å². The minimum absolute atomic E-state index is 0.246. The van der Waals surface area contributed by atoms with Crippen molar-refractivity contribution in [3.63, 3.8) is 0 Å². The Labute approximate surface area is 120 Å². The van der Waals surface area contributed by atoms with Gasteiger partial charge in [0.05, 0.1) is 0 Å². The van der Waals surface area contributed by atoms with Crippen LogP contribution in [0.25, 0.3) is 6.08 Å². The van der Waals surface area contributed by atoms with Gasteiger partial charge >= 0.3 is 120 Å². The third kappa shape index (κ3) is 2.87. The molecule has 0 amide bonds. The molecule has 0 bridgehead atoms.